The molecule has 0 spiro atoms. The SMILES string of the molecule is CC(Cn1cccn1)NC(=O)C1(C)COCC1N. The number of carbonyl (C=O) groups is 1. The van der Waals surface area contributed by atoms with Gasteiger partial charge in [0, 0.05) is 24.5 Å². The summed E-state index contributed by atoms with van der Waals surface area (Å²) < 4.78 is 7.07. The Kier molecular flexibility index (Phi) is 3.68. The molecule has 1 aromatic heterocycles. The van der Waals surface area contributed by atoms with Crippen LogP contribution in [0.4, 0.5) is 0 Å². The van der Waals surface area contributed by atoms with Crippen molar-refractivity contribution < 1.29 is 9.53 Å². The van der Waals surface area contributed by atoms with Crippen LogP contribution < -0.4 is 11.1 Å². The van der Waals surface area contributed by atoms with E-state index < -0.39 is 5.41 Å². The van der Waals surface area contributed by atoms with Gasteiger partial charge in [-0.1, -0.05) is 0 Å². The van der Waals surface area contributed by atoms with E-state index in [1.807, 2.05) is 26.1 Å². The van der Waals surface area contributed by atoms with E-state index >= 15 is 0 Å². The van der Waals surface area contributed by atoms with Crippen LogP contribution in [-0.2, 0) is 16.1 Å². The van der Waals surface area contributed by atoms with Crippen LogP contribution in [0.2, 0.25) is 0 Å². The lowest BCUT2D eigenvalue weighted by Gasteiger charge is -2.27. The predicted octanol–water partition coefficient (Wildman–Crippen LogP) is -0.248. The lowest BCUT2D eigenvalue weighted by molar-refractivity contribution is -0.131. The van der Waals surface area contributed by atoms with Crippen LogP contribution in [0.3, 0.4) is 0 Å². The summed E-state index contributed by atoms with van der Waals surface area (Å²) in [5, 5.41) is 7.08. The van der Waals surface area contributed by atoms with Gasteiger partial charge in [0.25, 0.3) is 0 Å². The van der Waals surface area contributed by atoms with E-state index in [4.69, 9.17) is 10.5 Å². The van der Waals surface area contributed by atoms with Gasteiger partial charge in [0.05, 0.1) is 25.2 Å². The van der Waals surface area contributed by atoms with Gasteiger partial charge in [-0.15, -0.1) is 0 Å². The highest BCUT2D eigenvalue weighted by atomic mass is 16.5. The van der Waals surface area contributed by atoms with Gasteiger partial charge in [-0.3, -0.25) is 9.48 Å². The minimum atomic E-state index is -0.627. The summed E-state index contributed by atoms with van der Waals surface area (Å²) in [5.74, 6) is -0.0489. The number of rotatable bonds is 4. The molecule has 0 aliphatic carbocycles. The number of ether oxygens (including phenoxy) is 1. The summed E-state index contributed by atoms with van der Waals surface area (Å²) in [6.45, 7) is 5.27. The average Bonchev–Trinajstić information content (AvgIpc) is 2.91. The van der Waals surface area contributed by atoms with Gasteiger partial charge < -0.3 is 15.8 Å². The van der Waals surface area contributed by atoms with Crippen LogP contribution >= 0.6 is 0 Å². The maximum atomic E-state index is 12.2. The third kappa shape index (κ3) is 2.54. The number of nitrogens with two attached hydrogens (primary N) is 1. The molecule has 0 aromatic carbocycles. The molecule has 3 N–H and O–H groups in total. The summed E-state index contributed by atoms with van der Waals surface area (Å²) in [6.07, 6.45) is 3.59. The van der Waals surface area contributed by atoms with Crippen LogP contribution in [0.5, 0.6) is 0 Å². The Hall–Kier alpha value is -1.40. The van der Waals surface area contributed by atoms with Crippen LogP contribution in [0.15, 0.2) is 18.5 Å². The molecule has 3 unspecified atom stereocenters. The molecule has 0 bridgehead atoms. The van der Waals surface area contributed by atoms with Crippen molar-refractivity contribution in [2.45, 2.75) is 32.5 Å². The van der Waals surface area contributed by atoms with E-state index in [0.717, 1.165) is 0 Å². The number of nitrogens with one attached hydrogen (secondary N) is 1. The lowest BCUT2D eigenvalue weighted by atomic mass is 9.84. The maximum absolute atomic E-state index is 12.2. The molecule has 1 amide bonds. The minimum Gasteiger partial charge on any atom is -0.379 e. The second-order valence-electron chi connectivity index (χ2n) is 5.14. The van der Waals surface area contributed by atoms with Crippen molar-refractivity contribution in [2.24, 2.45) is 11.1 Å². The fourth-order valence-corrected chi connectivity index (χ4v) is 2.05. The molecule has 0 saturated carbocycles. The highest BCUT2D eigenvalue weighted by Crippen LogP contribution is 2.27. The summed E-state index contributed by atoms with van der Waals surface area (Å²) in [4.78, 5) is 12.2. The summed E-state index contributed by atoms with van der Waals surface area (Å²) in [5.41, 5.74) is 5.30. The van der Waals surface area contributed by atoms with Crippen LogP contribution in [0.25, 0.3) is 0 Å². The first-order valence-corrected chi connectivity index (χ1v) is 6.14. The number of aromatic nitrogens is 2. The summed E-state index contributed by atoms with van der Waals surface area (Å²) >= 11 is 0. The molecule has 2 rings (SSSR count). The second-order valence-corrected chi connectivity index (χ2v) is 5.14. The van der Waals surface area contributed by atoms with Crippen LogP contribution in [0, 0.1) is 5.41 Å². The molecule has 1 aromatic rings. The van der Waals surface area contributed by atoms with Gasteiger partial charge in [-0.25, -0.2) is 0 Å². The topological polar surface area (TPSA) is 82.2 Å². The number of hydrogen-bond acceptors (Lipinski definition) is 4. The monoisotopic (exact) mass is 252 g/mol. The zero-order chi connectivity index (χ0) is 13.2. The molecule has 2 heterocycles. The van der Waals surface area contributed by atoms with E-state index in [1.165, 1.54) is 0 Å². The van der Waals surface area contributed by atoms with Crippen molar-refractivity contribution in [3.8, 4) is 0 Å². The molecular weight excluding hydrogens is 232 g/mol. The van der Waals surface area contributed by atoms with Gasteiger partial charge in [0.15, 0.2) is 0 Å². The van der Waals surface area contributed by atoms with E-state index in [1.54, 1.807) is 10.9 Å². The molecule has 100 valence electrons. The average molecular weight is 252 g/mol. The van der Waals surface area contributed by atoms with E-state index in [2.05, 4.69) is 10.4 Å². The standard InChI is InChI=1S/C12H20N4O2/c1-9(6-16-5-3-4-14-16)15-11(17)12(2)8-18-7-10(12)13/h3-5,9-10H,6-8,13H2,1-2H3,(H,15,17). The quantitative estimate of drug-likeness (QED) is 0.774. The Balaban J connectivity index is 1.91. The normalized spacial score (nSPS) is 29.2. The van der Waals surface area contributed by atoms with E-state index in [0.29, 0.717) is 19.8 Å². The number of nitrogens with zero attached hydrogens (tertiary/aromatic N) is 2. The van der Waals surface area contributed by atoms with Gasteiger partial charge in [-0.05, 0) is 19.9 Å². The summed E-state index contributed by atoms with van der Waals surface area (Å²) in [6, 6.07) is 1.62. The maximum Gasteiger partial charge on any atom is 0.230 e. The molecule has 6 nitrogen and oxygen atoms in total. The lowest BCUT2D eigenvalue weighted by Crippen LogP contribution is -2.52. The second kappa shape index (κ2) is 5.07. The molecule has 1 fully saturated rings. The van der Waals surface area contributed by atoms with Crippen molar-refractivity contribution in [3.05, 3.63) is 18.5 Å². The van der Waals surface area contributed by atoms with Crippen LogP contribution in [0.1, 0.15) is 13.8 Å². The van der Waals surface area contributed by atoms with Crippen molar-refractivity contribution in [1.82, 2.24) is 15.1 Å². The fraction of sp³-hybridized carbons (Fsp3) is 0.667. The Bertz CT molecular complexity index is 406. The van der Waals surface area contributed by atoms with Crippen molar-refractivity contribution in [1.29, 1.82) is 0 Å². The third-order valence-electron chi connectivity index (χ3n) is 3.43. The molecule has 3 atom stereocenters. The van der Waals surface area contributed by atoms with Crippen molar-refractivity contribution in [3.63, 3.8) is 0 Å². The third-order valence-corrected chi connectivity index (χ3v) is 3.43. The van der Waals surface area contributed by atoms with E-state index in [9.17, 15) is 4.79 Å². The van der Waals surface area contributed by atoms with Crippen molar-refractivity contribution in [2.75, 3.05) is 13.2 Å². The van der Waals surface area contributed by atoms with Gasteiger partial charge >= 0.3 is 0 Å². The van der Waals surface area contributed by atoms with Gasteiger partial charge in [0.1, 0.15) is 0 Å². The zero-order valence-corrected chi connectivity index (χ0v) is 10.8. The number of carbonyl (C=O) groups excluding carboxylic acids is 1. The zero-order valence-electron chi connectivity index (χ0n) is 10.8. The number of amides is 1. The Labute approximate surface area is 106 Å². The molecule has 0 radical (unpaired) electrons. The smallest absolute Gasteiger partial charge is 0.230 e. The first kappa shape index (κ1) is 13.0. The summed E-state index contributed by atoms with van der Waals surface area (Å²) in [7, 11) is 0. The number of hydrogen-bond donors (Lipinski definition) is 2. The molecule has 6 heteroatoms. The molecule has 1 saturated heterocycles. The molecule has 1 aliphatic rings. The first-order valence-electron chi connectivity index (χ1n) is 6.14. The molecule has 1 aliphatic heterocycles. The Morgan fingerprint density at radius 3 is 3.11 bits per heavy atom. The minimum absolute atomic E-state index is 0.00187. The van der Waals surface area contributed by atoms with E-state index in [-0.39, 0.29) is 18.0 Å². The Morgan fingerprint density at radius 2 is 2.56 bits per heavy atom. The predicted molar refractivity (Wildman–Crippen MR) is 66.7 cm³/mol. The van der Waals surface area contributed by atoms with Gasteiger partial charge in [-0.2, -0.15) is 5.10 Å². The molecule has 18 heavy (non-hydrogen) atoms. The highest BCUT2D eigenvalue weighted by Gasteiger charge is 2.44. The molecular formula is C12H20N4O2. The largest absolute Gasteiger partial charge is 0.379 e. The fourth-order valence-electron chi connectivity index (χ4n) is 2.05. The first-order chi connectivity index (χ1) is 8.52. The highest BCUT2D eigenvalue weighted by molar-refractivity contribution is 5.83. The van der Waals surface area contributed by atoms with Crippen molar-refractivity contribution >= 4 is 5.91 Å². The van der Waals surface area contributed by atoms with Crippen LogP contribution in [-0.4, -0.2) is 41.0 Å². The van der Waals surface area contributed by atoms with Gasteiger partial charge in [0.2, 0.25) is 5.91 Å². The Morgan fingerprint density at radius 1 is 1.78 bits per heavy atom.